The smallest absolute Gasteiger partial charge is 0.182 e. The fourth-order valence-electron chi connectivity index (χ4n) is 3.05. The number of rotatable bonds is 2. The fourth-order valence-corrected chi connectivity index (χ4v) is 6.24. The minimum absolute atomic E-state index is 0.272. The van der Waals surface area contributed by atoms with Gasteiger partial charge in [0.2, 0.25) is 0 Å². The third-order valence-electron chi connectivity index (χ3n) is 3.84. The zero-order valence-corrected chi connectivity index (χ0v) is 13.7. The molecule has 2 rings (SSSR count). The SMILES string of the molecule is CC1CC(C)CC(S(=O)(=O)c2ccc(N)cc2Br)C1. The molecule has 5 heteroatoms. The van der Waals surface area contributed by atoms with Crippen LogP contribution >= 0.6 is 15.9 Å². The maximum absolute atomic E-state index is 12.7. The number of sulfone groups is 1. The van der Waals surface area contributed by atoms with Gasteiger partial charge >= 0.3 is 0 Å². The van der Waals surface area contributed by atoms with Crippen molar-refractivity contribution in [3.8, 4) is 0 Å². The van der Waals surface area contributed by atoms with Crippen LogP contribution in [-0.4, -0.2) is 13.7 Å². The highest BCUT2D eigenvalue weighted by Gasteiger charge is 2.35. The summed E-state index contributed by atoms with van der Waals surface area (Å²) in [5, 5.41) is -0.272. The molecule has 19 heavy (non-hydrogen) atoms. The number of nitrogens with two attached hydrogens (primary N) is 1. The van der Waals surface area contributed by atoms with Gasteiger partial charge in [-0.25, -0.2) is 8.42 Å². The number of anilines is 1. The molecule has 3 nitrogen and oxygen atoms in total. The lowest BCUT2D eigenvalue weighted by atomic mass is 9.83. The number of nitrogen functional groups attached to an aromatic ring is 1. The van der Waals surface area contributed by atoms with Gasteiger partial charge in [0.15, 0.2) is 9.84 Å². The highest BCUT2D eigenvalue weighted by molar-refractivity contribution is 9.10. The van der Waals surface area contributed by atoms with E-state index in [1.807, 2.05) is 0 Å². The Kier molecular flexibility index (Phi) is 4.26. The van der Waals surface area contributed by atoms with Crippen molar-refractivity contribution in [1.29, 1.82) is 0 Å². The topological polar surface area (TPSA) is 60.2 Å². The Labute approximate surface area is 123 Å². The second kappa shape index (κ2) is 5.44. The van der Waals surface area contributed by atoms with Gasteiger partial charge in [-0.2, -0.15) is 0 Å². The molecule has 1 aliphatic carbocycles. The van der Waals surface area contributed by atoms with Gasteiger partial charge in [-0.1, -0.05) is 13.8 Å². The van der Waals surface area contributed by atoms with E-state index in [1.54, 1.807) is 18.2 Å². The Morgan fingerprint density at radius 3 is 2.26 bits per heavy atom. The van der Waals surface area contributed by atoms with Crippen LogP contribution in [0.4, 0.5) is 5.69 Å². The van der Waals surface area contributed by atoms with E-state index < -0.39 is 9.84 Å². The van der Waals surface area contributed by atoms with E-state index in [0.29, 0.717) is 26.9 Å². The van der Waals surface area contributed by atoms with Crippen LogP contribution in [0.1, 0.15) is 33.1 Å². The molecule has 2 unspecified atom stereocenters. The molecular formula is C14H20BrNO2S. The molecular weight excluding hydrogens is 326 g/mol. The highest BCUT2D eigenvalue weighted by Crippen LogP contribution is 2.37. The Morgan fingerprint density at radius 1 is 1.16 bits per heavy atom. The molecule has 0 aliphatic heterocycles. The summed E-state index contributed by atoms with van der Waals surface area (Å²) in [5.41, 5.74) is 6.23. The Hall–Kier alpha value is -0.550. The lowest BCUT2D eigenvalue weighted by Crippen LogP contribution is -2.31. The molecule has 1 aromatic carbocycles. The van der Waals surface area contributed by atoms with Crippen molar-refractivity contribution in [1.82, 2.24) is 0 Å². The summed E-state index contributed by atoms with van der Waals surface area (Å²) in [6.07, 6.45) is 2.63. The van der Waals surface area contributed by atoms with Crippen molar-refractivity contribution in [3.05, 3.63) is 22.7 Å². The van der Waals surface area contributed by atoms with Gasteiger partial charge < -0.3 is 5.73 Å². The molecule has 2 N–H and O–H groups in total. The minimum atomic E-state index is -3.28. The lowest BCUT2D eigenvalue weighted by Gasteiger charge is -2.31. The third-order valence-corrected chi connectivity index (χ3v) is 6.99. The summed E-state index contributed by atoms with van der Waals surface area (Å²) in [6.45, 7) is 4.27. The first-order valence-electron chi connectivity index (χ1n) is 6.59. The molecule has 1 saturated carbocycles. The van der Waals surface area contributed by atoms with Crippen molar-refractivity contribution in [2.45, 2.75) is 43.3 Å². The molecule has 0 spiro atoms. The van der Waals surface area contributed by atoms with E-state index in [-0.39, 0.29) is 5.25 Å². The summed E-state index contributed by atoms with van der Waals surface area (Å²) in [7, 11) is -3.28. The van der Waals surface area contributed by atoms with E-state index in [9.17, 15) is 8.42 Å². The molecule has 0 radical (unpaired) electrons. The summed E-state index contributed by atoms with van der Waals surface area (Å²) in [5.74, 6) is 0.937. The second-order valence-electron chi connectivity index (χ2n) is 5.77. The Morgan fingerprint density at radius 2 is 1.74 bits per heavy atom. The molecule has 0 aromatic heterocycles. The van der Waals surface area contributed by atoms with Crippen LogP contribution < -0.4 is 5.73 Å². The minimum Gasteiger partial charge on any atom is -0.399 e. The normalized spacial score (nSPS) is 28.3. The molecule has 0 bridgehead atoms. The van der Waals surface area contributed by atoms with Crippen LogP contribution in [0.15, 0.2) is 27.6 Å². The molecule has 0 heterocycles. The molecule has 1 aromatic rings. The van der Waals surface area contributed by atoms with Crippen LogP contribution in [0.3, 0.4) is 0 Å². The summed E-state index contributed by atoms with van der Waals surface area (Å²) < 4.78 is 26.0. The van der Waals surface area contributed by atoms with E-state index in [2.05, 4.69) is 29.8 Å². The van der Waals surface area contributed by atoms with Crippen LogP contribution in [0, 0.1) is 11.8 Å². The number of hydrogen-bond acceptors (Lipinski definition) is 3. The van der Waals surface area contributed by atoms with Crippen molar-refractivity contribution in [2.24, 2.45) is 11.8 Å². The Balaban J connectivity index is 2.36. The van der Waals surface area contributed by atoms with Crippen molar-refractivity contribution in [2.75, 3.05) is 5.73 Å². The predicted octanol–water partition coefficient (Wildman–Crippen LogP) is 3.63. The van der Waals surface area contributed by atoms with Gasteiger partial charge in [0, 0.05) is 10.2 Å². The highest BCUT2D eigenvalue weighted by atomic mass is 79.9. The predicted molar refractivity (Wildman–Crippen MR) is 81.7 cm³/mol. The van der Waals surface area contributed by atoms with E-state index >= 15 is 0 Å². The summed E-state index contributed by atoms with van der Waals surface area (Å²) >= 11 is 3.32. The lowest BCUT2D eigenvalue weighted by molar-refractivity contribution is 0.301. The maximum Gasteiger partial charge on any atom is 0.182 e. The largest absolute Gasteiger partial charge is 0.399 e. The maximum atomic E-state index is 12.7. The van der Waals surface area contributed by atoms with Gasteiger partial charge in [0.25, 0.3) is 0 Å². The quantitative estimate of drug-likeness (QED) is 0.832. The third kappa shape index (κ3) is 3.14. The second-order valence-corrected chi connectivity index (χ2v) is 8.83. The van der Waals surface area contributed by atoms with Gasteiger partial charge in [-0.15, -0.1) is 0 Å². The molecule has 0 saturated heterocycles. The first-order valence-corrected chi connectivity index (χ1v) is 8.93. The molecule has 1 aliphatic rings. The fraction of sp³-hybridized carbons (Fsp3) is 0.571. The van der Waals surface area contributed by atoms with Gasteiger partial charge in [-0.3, -0.25) is 0 Å². The van der Waals surface area contributed by atoms with Gasteiger partial charge in [-0.05, 0) is 65.2 Å². The van der Waals surface area contributed by atoms with E-state index in [4.69, 9.17) is 5.73 Å². The molecule has 0 amide bonds. The zero-order chi connectivity index (χ0) is 14.2. The number of benzene rings is 1. The van der Waals surface area contributed by atoms with E-state index in [0.717, 1.165) is 19.3 Å². The van der Waals surface area contributed by atoms with Gasteiger partial charge in [0.1, 0.15) is 0 Å². The zero-order valence-electron chi connectivity index (χ0n) is 11.3. The number of halogens is 1. The molecule has 2 atom stereocenters. The standard InChI is InChI=1S/C14H20BrNO2S/c1-9-5-10(2)7-12(6-9)19(17,18)14-4-3-11(16)8-13(14)15/h3-4,8-10,12H,5-7,16H2,1-2H3. The molecule has 1 fully saturated rings. The van der Waals surface area contributed by atoms with Crippen LogP contribution in [0.25, 0.3) is 0 Å². The molecule has 106 valence electrons. The average molecular weight is 346 g/mol. The van der Waals surface area contributed by atoms with Crippen molar-refractivity contribution >= 4 is 31.5 Å². The summed E-state index contributed by atoms with van der Waals surface area (Å²) in [4.78, 5) is 0.369. The van der Waals surface area contributed by atoms with Crippen molar-refractivity contribution in [3.63, 3.8) is 0 Å². The van der Waals surface area contributed by atoms with Crippen molar-refractivity contribution < 1.29 is 8.42 Å². The van der Waals surface area contributed by atoms with Crippen LogP contribution in [0.5, 0.6) is 0 Å². The van der Waals surface area contributed by atoms with E-state index in [1.165, 1.54) is 0 Å². The monoisotopic (exact) mass is 345 g/mol. The van der Waals surface area contributed by atoms with Crippen LogP contribution in [-0.2, 0) is 9.84 Å². The number of hydrogen-bond donors (Lipinski definition) is 1. The van der Waals surface area contributed by atoms with Crippen LogP contribution in [0.2, 0.25) is 0 Å². The average Bonchev–Trinajstić information content (AvgIpc) is 2.26. The first kappa shape index (κ1) is 14.9. The summed E-state index contributed by atoms with van der Waals surface area (Å²) in [6, 6.07) is 4.91. The Bertz CT molecular complexity index is 561. The van der Waals surface area contributed by atoms with Gasteiger partial charge in [0.05, 0.1) is 10.1 Å². The first-order chi connectivity index (χ1) is 8.80.